The molecule has 0 bridgehead atoms. The second-order valence-corrected chi connectivity index (χ2v) is 3.98. The predicted molar refractivity (Wildman–Crippen MR) is 57.6 cm³/mol. The van der Waals surface area contributed by atoms with Crippen molar-refractivity contribution in [3.63, 3.8) is 0 Å². The van der Waals surface area contributed by atoms with Crippen molar-refractivity contribution in [1.82, 2.24) is 0 Å². The van der Waals surface area contributed by atoms with Crippen LogP contribution in [0.15, 0.2) is 30.3 Å². The molecule has 88 valence electrons. The zero-order valence-corrected chi connectivity index (χ0v) is 9.11. The molecule has 16 heavy (non-hydrogen) atoms. The molecule has 1 aromatic rings. The lowest BCUT2D eigenvalue weighted by Crippen LogP contribution is -2.34. The molecule has 0 amide bonds. The van der Waals surface area contributed by atoms with Crippen LogP contribution in [0.5, 0.6) is 0 Å². The van der Waals surface area contributed by atoms with Crippen molar-refractivity contribution in [3.05, 3.63) is 35.9 Å². The lowest BCUT2D eigenvalue weighted by molar-refractivity contribution is -0.124. The summed E-state index contributed by atoms with van der Waals surface area (Å²) in [5, 5.41) is 18.9. The van der Waals surface area contributed by atoms with Gasteiger partial charge in [-0.1, -0.05) is 30.3 Å². The summed E-state index contributed by atoms with van der Waals surface area (Å²) in [4.78, 5) is 0. The zero-order valence-electron chi connectivity index (χ0n) is 9.11. The van der Waals surface area contributed by atoms with E-state index in [9.17, 15) is 10.2 Å². The first-order valence-electron chi connectivity index (χ1n) is 5.35. The number of aliphatic hydroxyl groups is 2. The standard InChI is InChI=1S/C12H16O4/c1-8-11(10(13)12(14)16-8)15-7-9-5-3-2-4-6-9/h2-6,8,10-14H,7H2,1H3/t8-,10-,11-,12?/m1/s1. The number of hydrogen-bond acceptors (Lipinski definition) is 4. The molecule has 0 spiro atoms. The summed E-state index contributed by atoms with van der Waals surface area (Å²) in [7, 11) is 0. The van der Waals surface area contributed by atoms with E-state index in [0.717, 1.165) is 5.56 Å². The number of ether oxygens (including phenoxy) is 2. The van der Waals surface area contributed by atoms with E-state index < -0.39 is 18.5 Å². The van der Waals surface area contributed by atoms with Gasteiger partial charge in [0.1, 0.15) is 12.2 Å². The topological polar surface area (TPSA) is 58.9 Å². The van der Waals surface area contributed by atoms with Gasteiger partial charge in [0, 0.05) is 0 Å². The van der Waals surface area contributed by atoms with Crippen molar-refractivity contribution in [2.75, 3.05) is 0 Å². The van der Waals surface area contributed by atoms with E-state index in [1.54, 1.807) is 6.92 Å². The highest BCUT2D eigenvalue weighted by Gasteiger charge is 2.41. The monoisotopic (exact) mass is 224 g/mol. The highest BCUT2D eigenvalue weighted by atomic mass is 16.7. The van der Waals surface area contributed by atoms with E-state index in [2.05, 4.69) is 0 Å². The Balaban J connectivity index is 1.91. The highest BCUT2D eigenvalue weighted by Crippen LogP contribution is 2.23. The third kappa shape index (κ3) is 2.41. The summed E-state index contributed by atoms with van der Waals surface area (Å²) in [5.41, 5.74) is 1.03. The van der Waals surface area contributed by atoms with E-state index in [4.69, 9.17) is 9.47 Å². The molecule has 1 aliphatic rings. The SMILES string of the molecule is C[C@H]1OC(O)[C@H](O)[C@@H]1OCc1ccccc1. The van der Waals surface area contributed by atoms with E-state index in [0.29, 0.717) is 6.61 Å². The average Bonchev–Trinajstić information content (AvgIpc) is 2.53. The van der Waals surface area contributed by atoms with Crippen LogP contribution < -0.4 is 0 Å². The van der Waals surface area contributed by atoms with Crippen LogP contribution in [0.25, 0.3) is 0 Å². The maximum absolute atomic E-state index is 9.61. The van der Waals surface area contributed by atoms with Crippen molar-refractivity contribution in [2.24, 2.45) is 0 Å². The Kier molecular flexibility index (Phi) is 3.56. The molecule has 4 heteroatoms. The molecule has 1 aliphatic heterocycles. The molecule has 1 heterocycles. The lowest BCUT2D eigenvalue weighted by atomic mass is 10.1. The fraction of sp³-hybridized carbons (Fsp3) is 0.500. The summed E-state index contributed by atoms with van der Waals surface area (Å²) >= 11 is 0. The quantitative estimate of drug-likeness (QED) is 0.792. The normalized spacial score (nSPS) is 34.2. The molecular formula is C12H16O4. The van der Waals surface area contributed by atoms with E-state index >= 15 is 0 Å². The molecule has 1 aromatic carbocycles. The molecule has 1 unspecified atom stereocenters. The summed E-state index contributed by atoms with van der Waals surface area (Å²) in [6.07, 6.45) is -2.89. The highest BCUT2D eigenvalue weighted by molar-refractivity contribution is 5.13. The van der Waals surface area contributed by atoms with Gasteiger partial charge in [-0.25, -0.2) is 0 Å². The first-order chi connectivity index (χ1) is 7.68. The molecule has 1 saturated heterocycles. The molecule has 1 fully saturated rings. The molecule has 0 radical (unpaired) electrons. The average molecular weight is 224 g/mol. The van der Waals surface area contributed by atoms with E-state index in [1.165, 1.54) is 0 Å². The van der Waals surface area contributed by atoms with Gasteiger partial charge >= 0.3 is 0 Å². The Labute approximate surface area is 94.4 Å². The fourth-order valence-electron chi connectivity index (χ4n) is 1.82. The molecule has 2 N–H and O–H groups in total. The molecule has 2 rings (SSSR count). The van der Waals surface area contributed by atoms with Crippen LogP contribution >= 0.6 is 0 Å². The van der Waals surface area contributed by atoms with Crippen LogP contribution in [-0.2, 0) is 16.1 Å². The number of rotatable bonds is 3. The zero-order chi connectivity index (χ0) is 11.5. The van der Waals surface area contributed by atoms with Gasteiger partial charge in [0.05, 0.1) is 12.7 Å². The van der Waals surface area contributed by atoms with Gasteiger partial charge in [0.15, 0.2) is 6.29 Å². The lowest BCUT2D eigenvalue weighted by Gasteiger charge is -2.17. The minimum atomic E-state index is -1.14. The van der Waals surface area contributed by atoms with Gasteiger partial charge in [-0.15, -0.1) is 0 Å². The van der Waals surface area contributed by atoms with Gasteiger partial charge < -0.3 is 19.7 Å². The van der Waals surface area contributed by atoms with Crippen molar-refractivity contribution in [2.45, 2.75) is 38.1 Å². The summed E-state index contributed by atoms with van der Waals surface area (Å²) < 4.78 is 10.6. The Morgan fingerprint density at radius 2 is 1.94 bits per heavy atom. The number of aliphatic hydroxyl groups excluding tert-OH is 2. The second-order valence-electron chi connectivity index (χ2n) is 3.98. The molecule has 0 saturated carbocycles. The van der Waals surface area contributed by atoms with Crippen LogP contribution in [0.1, 0.15) is 12.5 Å². The van der Waals surface area contributed by atoms with Crippen LogP contribution in [0, 0.1) is 0 Å². The fourth-order valence-corrected chi connectivity index (χ4v) is 1.82. The van der Waals surface area contributed by atoms with Crippen molar-refractivity contribution < 1.29 is 19.7 Å². The first-order valence-corrected chi connectivity index (χ1v) is 5.35. The van der Waals surface area contributed by atoms with Gasteiger partial charge in [-0.2, -0.15) is 0 Å². The maximum atomic E-state index is 9.61. The molecular weight excluding hydrogens is 208 g/mol. The van der Waals surface area contributed by atoms with Gasteiger partial charge in [-0.3, -0.25) is 0 Å². The van der Waals surface area contributed by atoms with Crippen molar-refractivity contribution >= 4 is 0 Å². The Morgan fingerprint density at radius 3 is 2.50 bits per heavy atom. The minimum Gasteiger partial charge on any atom is -0.385 e. The van der Waals surface area contributed by atoms with E-state index in [1.807, 2.05) is 30.3 Å². The molecule has 4 atom stereocenters. The smallest absolute Gasteiger partial charge is 0.183 e. The van der Waals surface area contributed by atoms with Crippen LogP contribution in [-0.4, -0.2) is 34.8 Å². The van der Waals surface area contributed by atoms with Crippen molar-refractivity contribution in [1.29, 1.82) is 0 Å². The summed E-state index contributed by atoms with van der Waals surface area (Å²) in [6.45, 7) is 2.18. The number of benzene rings is 1. The largest absolute Gasteiger partial charge is 0.385 e. The minimum absolute atomic E-state index is 0.297. The number of hydrogen-bond donors (Lipinski definition) is 2. The molecule has 4 nitrogen and oxygen atoms in total. The van der Waals surface area contributed by atoms with E-state index in [-0.39, 0.29) is 6.10 Å². The van der Waals surface area contributed by atoms with Crippen LogP contribution in [0.2, 0.25) is 0 Å². The van der Waals surface area contributed by atoms with Crippen molar-refractivity contribution in [3.8, 4) is 0 Å². The van der Waals surface area contributed by atoms with Gasteiger partial charge in [-0.05, 0) is 12.5 Å². The third-order valence-corrected chi connectivity index (χ3v) is 2.73. The maximum Gasteiger partial charge on any atom is 0.183 e. The summed E-state index contributed by atoms with van der Waals surface area (Å²) in [6, 6.07) is 9.69. The molecule has 0 aliphatic carbocycles. The Bertz CT molecular complexity index is 327. The summed E-state index contributed by atoms with van der Waals surface area (Å²) in [5.74, 6) is 0. The Hall–Kier alpha value is -0.940. The first kappa shape index (κ1) is 11.5. The van der Waals surface area contributed by atoms with Crippen LogP contribution in [0.4, 0.5) is 0 Å². The Morgan fingerprint density at radius 1 is 1.25 bits per heavy atom. The molecule has 0 aromatic heterocycles. The van der Waals surface area contributed by atoms with Crippen LogP contribution in [0.3, 0.4) is 0 Å². The predicted octanol–water partition coefficient (Wildman–Crippen LogP) is 0.670. The van der Waals surface area contributed by atoms with Gasteiger partial charge in [0.2, 0.25) is 0 Å². The second kappa shape index (κ2) is 4.93. The third-order valence-electron chi connectivity index (χ3n) is 2.73. The van der Waals surface area contributed by atoms with Gasteiger partial charge in [0.25, 0.3) is 0 Å².